The van der Waals surface area contributed by atoms with Crippen molar-refractivity contribution in [3.8, 4) is 0 Å². The van der Waals surface area contributed by atoms with Crippen molar-refractivity contribution in [3.05, 3.63) is 77.9 Å². The van der Waals surface area contributed by atoms with Gasteiger partial charge in [-0.25, -0.2) is 0 Å². The van der Waals surface area contributed by atoms with Gasteiger partial charge in [-0.15, -0.1) is 0 Å². The molecule has 0 spiro atoms. The van der Waals surface area contributed by atoms with Gasteiger partial charge in [-0.3, -0.25) is 0 Å². The van der Waals surface area contributed by atoms with Crippen molar-refractivity contribution in [2.75, 3.05) is 11.5 Å². The zero-order valence-corrected chi connectivity index (χ0v) is 15.5. The molecule has 0 amide bonds. The van der Waals surface area contributed by atoms with Gasteiger partial charge in [-0.2, -0.15) is 0 Å². The zero-order chi connectivity index (χ0) is 18.4. The third kappa shape index (κ3) is 4.08. The summed E-state index contributed by atoms with van der Waals surface area (Å²) in [5.41, 5.74) is 15.0. The number of hydrogen-bond acceptors (Lipinski definition) is 2. The van der Waals surface area contributed by atoms with E-state index in [-0.39, 0.29) is 0 Å². The fourth-order valence-corrected chi connectivity index (χ4v) is 3.55. The van der Waals surface area contributed by atoms with Crippen LogP contribution >= 0.6 is 0 Å². The van der Waals surface area contributed by atoms with Gasteiger partial charge >= 0.3 is 0 Å². The molecule has 0 heterocycles. The molecule has 0 saturated heterocycles. The van der Waals surface area contributed by atoms with E-state index in [0.29, 0.717) is 17.3 Å². The molecule has 26 heavy (non-hydrogen) atoms. The lowest BCUT2D eigenvalue weighted by atomic mass is 9.83. The van der Waals surface area contributed by atoms with Gasteiger partial charge in [0, 0.05) is 5.92 Å². The highest BCUT2D eigenvalue weighted by molar-refractivity contribution is 5.95. The molecule has 2 heteroatoms. The van der Waals surface area contributed by atoms with Crippen LogP contribution in [0.3, 0.4) is 0 Å². The SMILES string of the molecule is CCCCCC1C=Cc2cccc3cccc1c23.Nc1ccccc1N. The molecule has 0 fully saturated rings. The van der Waals surface area contributed by atoms with Crippen molar-refractivity contribution < 1.29 is 0 Å². The number of nitrogen functional groups attached to an aromatic ring is 2. The highest BCUT2D eigenvalue weighted by Gasteiger charge is 2.16. The molecule has 134 valence electrons. The summed E-state index contributed by atoms with van der Waals surface area (Å²) in [5, 5.41) is 2.86. The third-order valence-corrected chi connectivity index (χ3v) is 4.99. The van der Waals surface area contributed by atoms with Gasteiger partial charge in [0.05, 0.1) is 11.4 Å². The number of rotatable bonds is 4. The van der Waals surface area contributed by atoms with E-state index < -0.39 is 0 Å². The molecule has 1 atom stereocenters. The standard InChI is InChI=1S/C18H20.C6H8N2/c1-2-3-4-7-14-12-13-16-9-5-8-15-10-6-11-17(14)18(15)16;7-5-3-1-2-4-6(5)8/h5-6,8-14H,2-4,7H2,1H3;1-4H,7-8H2. The normalized spacial score (nSPS) is 14.7. The number of nitrogens with two attached hydrogens (primary N) is 2. The number of hydrogen-bond donors (Lipinski definition) is 2. The Morgan fingerprint density at radius 3 is 2.15 bits per heavy atom. The van der Waals surface area contributed by atoms with Gasteiger partial charge in [0.1, 0.15) is 0 Å². The molecule has 4 N–H and O–H groups in total. The maximum absolute atomic E-state index is 5.39. The first kappa shape index (κ1) is 18.1. The van der Waals surface area contributed by atoms with Crippen LogP contribution < -0.4 is 11.5 Å². The van der Waals surface area contributed by atoms with Crippen molar-refractivity contribution in [1.82, 2.24) is 0 Å². The average molecular weight is 345 g/mol. The number of anilines is 2. The lowest BCUT2D eigenvalue weighted by Crippen LogP contribution is -2.01. The summed E-state index contributed by atoms with van der Waals surface area (Å²) < 4.78 is 0. The van der Waals surface area contributed by atoms with Crippen LogP contribution in [-0.4, -0.2) is 0 Å². The van der Waals surface area contributed by atoms with Crippen molar-refractivity contribution in [3.63, 3.8) is 0 Å². The second-order valence-electron chi connectivity index (χ2n) is 6.88. The van der Waals surface area contributed by atoms with Crippen LogP contribution in [0.25, 0.3) is 16.8 Å². The average Bonchev–Trinajstić information content (AvgIpc) is 2.67. The Labute approximate surface area is 156 Å². The predicted molar refractivity (Wildman–Crippen MR) is 115 cm³/mol. The fourth-order valence-electron chi connectivity index (χ4n) is 3.55. The fraction of sp³-hybridized carbons (Fsp3) is 0.250. The smallest absolute Gasteiger partial charge is 0.0547 e. The summed E-state index contributed by atoms with van der Waals surface area (Å²) in [6, 6.07) is 20.6. The summed E-state index contributed by atoms with van der Waals surface area (Å²) in [4.78, 5) is 0. The lowest BCUT2D eigenvalue weighted by molar-refractivity contribution is 0.631. The van der Waals surface area contributed by atoms with E-state index >= 15 is 0 Å². The summed E-state index contributed by atoms with van der Waals surface area (Å²) in [7, 11) is 0. The van der Waals surface area contributed by atoms with Crippen molar-refractivity contribution in [2.24, 2.45) is 0 Å². The molecule has 0 aromatic heterocycles. The number of para-hydroxylation sites is 2. The number of benzene rings is 3. The maximum Gasteiger partial charge on any atom is 0.0547 e. The van der Waals surface area contributed by atoms with Crippen molar-refractivity contribution in [2.45, 2.75) is 38.5 Å². The van der Waals surface area contributed by atoms with Crippen LogP contribution in [0.1, 0.15) is 49.7 Å². The molecule has 1 aliphatic rings. The number of allylic oxidation sites excluding steroid dienone is 1. The second-order valence-corrected chi connectivity index (χ2v) is 6.88. The minimum Gasteiger partial charge on any atom is -0.397 e. The highest BCUT2D eigenvalue weighted by atomic mass is 14.7. The van der Waals surface area contributed by atoms with Gasteiger partial charge in [0.25, 0.3) is 0 Å². The molecule has 3 aromatic rings. The van der Waals surface area contributed by atoms with E-state index in [4.69, 9.17) is 11.5 Å². The largest absolute Gasteiger partial charge is 0.397 e. The van der Waals surface area contributed by atoms with E-state index in [9.17, 15) is 0 Å². The van der Waals surface area contributed by atoms with Crippen LogP contribution in [0, 0.1) is 0 Å². The Bertz CT molecular complexity index is 869. The van der Waals surface area contributed by atoms with E-state index in [1.807, 2.05) is 12.1 Å². The number of unbranched alkanes of at least 4 members (excludes halogenated alkanes) is 2. The first-order valence-corrected chi connectivity index (χ1v) is 9.50. The van der Waals surface area contributed by atoms with Gasteiger partial charge in [-0.1, -0.05) is 86.9 Å². The molecule has 4 rings (SSSR count). The molecule has 0 radical (unpaired) electrons. The monoisotopic (exact) mass is 344 g/mol. The molecule has 0 aliphatic heterocycles. The highest BCUT2D eigenvalue weighted by Crippen LogP contribution is 2.37. The first-order chi connectivity index (χ1) is 12.7. The molecular formula is C24H28N2. The Morgan fingerprint density at radius 1 is 0.808 bits per heavy atom. The lowest BCUT2D eigenvalue weighted by Gasteiger charge is -2.21. The van der Waals surface area contributed by atoms with Gasteiger partial charge in [0.2, 0.25) is 0 Å². The Balaban J connectivity index is 0.000000206. The van der Waals surface area contributed by atoms with Crippen LogP contribution in [0.4, 0.5) is 11.4 Å². The van der Waals surface area contributed by atoms with Crippen molar-refractivity contribution >= 4 is 28.2 Å². The Morgan fingerprint density at radius 2 is 1.50 bits per heavy atom. The Kier molecular flexibility index (Phi) is 5.96. The molecular weight excluding hydrogens is 316 g/mol. The first-order valence-electron chi connectivity index (χ1n) is 9.50. The van der Waals surface area contributed by atoms with Crippen LogP contribution in [0.2, 0.25) is 0 Å². The summed E-state index contributed by atoms with van der Waals surface area (Å²) in [6.07, 6.45) is 9.99. The quantitative estimate of drug-likeness (QED) is 0.426. The molecule has 0 saturated carbocycles. The summed E-state index contributed by atoms with van der Waals surface area (Å²) in [5.74, 6) is 0.621. The predicted octanol–water partition coefficient (Wildman–Crippen LogP) is 6.38. The van der Waals surface area contributed by atoms with E-state index in [0.717, 1.165) is 0 Å². The maximum atomic E-state index is 5.39. The van der Waals surface area contributed by atoms with Gasteiger partial charge in [-0.05, 0) is 40.5 Å². The van der Waals surface area contributed by atoms with E-state index in [2.05, 4.69) is 55.5 Å². The molecule has 1 aliphatic carbocycles. The van der Waals surface area contributed by atoms with Crippen LogP contribution in [0.5, 0.6) is 0 Å². The summed E-state index contributed by atoms with van der Waals surface area (Å²) >= 11 is 0. The van der Waals surface area contributed by atoms with E-state index in [1.54, 1.807) is 12.1 Å². The molecule has 0 bridgehead atoms. The minimum atomic E-state index is 0.621. The second kappa shape index (κ2) is 8.57. The topological polar surface area (TPSA) is 52.0 Å². The molecule has 1 unspecified atom stereocenters. The van der Waals surface area contributed by atoms with Crippen LogP contribution in [-0.2, 0) is 0 Å². The molecule has 3 aromatic carbocycles. The molecule has 2 nitrogen and oxygen atoms in total. The van der Waals surface area contributed by atoms with Gasteiger partial charge < -0.3 is 11.5 Å². The minimum absolute atomic E-state index is 0.621. The Hall–Kier alpha value is -2.74. The zero-order valence-electron chi connectivity index (χ0n) is 15.5. The van der Waals surface area contributed by atoms with Crippen LogP contribution in [0.15, 0.2) is 66.7 Å². The third-order valence-electron chi connectivity index (χ3n) is 4.99. The summed E-state index contributed by atoms with van der Waals surface area (Å²) in [6.45, 7) is 2.27. The van der Waals surface area contributed by atoms with E-state index in [1.165, 1.54) is 47.6 Å². The van der Waals surface area contributed by atoms with Crippen molar-refractivity contribution in [1.29, 1.82) is 0 Å². The van der Waals surface area contributed by atoms with Gasteiger partial charge in [0.15, 0.2) is 0 Å².